The van der Waals surface area contributed by atoms with Gasteiger partial charge in [-0.2, -0.15) is 8.42 Å². The minimum atomic E-state index is -4.73. The van der Waals surface area contributed by atoms with Gasteiger partial charge in [0.15, 0.2) is 0 Å². The van der Waals surface area contributed by atoms with E-state index in [4.69, 9.17) is 17.5 Å². The summed E-state index contributed by atoms with van der Waals surface area (Å²) in [5.74, 6) is -0.298. The summed E-state index contributed by atoms with van der Waals surface area (Å²) in [6.45, 7) is 1.47. The number of carbonyl (C=O) groups excluding carboxylic acids is 2. The zero-order chi connectivity index (χ0) is 44.4. The average Bonchev–Trinajstić information content (AvgIpc) is 3.96. The number of amides is 2. The third kappa shape index (κ3) is 11.9. The molecule has 0 radical (unpaired) electrons. The molecule has 4 fully saturated rings. The van der Waals surface area contributed by atoms with E-state index in [9.17, 15) is 35.9 Å². The van der Waals surface area contributed by atoms with Gasteiger partial charge in [0, 0.05) is 39.6 Å². The standard InChI is InChI=1S/2C20H20F3N3O2.H2O4S.H2O/c2*1-26-10-8-19(18(26)27)7-5-16(25-19)17-12-14(6-9-24-17)13-3-2-4-15(11-13)28-20(21,22)23;1-5(2,3)4;/h2*2-4,6,9,11-12,16,25H,5,7-8,10H2,1H3;(H2,1,2,3,4);1H2/t16-,19+;;;/m1.../s1. The maximum Gasteiger partial charge on any atom is 0.573 e. The van der Waals surface area contributed by atoms with Crippen LogP contribution < -0.4 is 20.1 Å². The molecule has 4 aliphatic rings. The predicted octanol–water partition coefficient (Wildman–Crippen LogP) is 5.87. The second kappa shape index (κ2) is 18.5. The van der Waals surface area contributed by atoms with Crippen LogP contribution >= 0.6 is 0 Å². The number of likely N-dealkylation sites (N-methyl/N-ethyl adjacent to an activating group) is 2. The molecule has 8 rings (SSSR count). The van der Waals surface area contributed by atoms with Gasteiger partial charge in [-0.3, -0.25) is 39.3 Å². The Morgan fingerprint density at radius 3 is 1.32 bits per heavy atom. The molecular formula is C40H44F6N6O9S. The summed E-state index contributed by atoms with van der Waals surface area (Å²) in [6, 6.07) is 18.8. The fraction of sp³-hybridized carbons (Fsp3) is 0.400. The Morgan fingerprint density at radius 1 is 0.645 bits per heavy atom. The van der Waals surface area contributed by atoms with Crippen LogP contribution in [0, 0.1) is 0 Å². The highest BCUT2D eigenvalue weighted by molar-refractivity contribution is 7.79. The summed E-state index contributed by atoms with van der Waals surface area (Å²) >= 11 is 0. The molecule has 2 spiro atoms. The number of nitrogens with one attached hydrogen (secondary N) is 2. The average molecular weight is 899 g/mol. The van der Waals surface area contributed by atoms with Gasteiger partial charge in [0.05, 0.1) is 23.5 Å². The second-order valence-corrected chi connectivity index (χ2v) is 16.0. The first-order valence-electron chi connectivity index (χ1n) is 18.9. The zero-order valence-electron chi connectivity index (χ0n) is 33.2. The highest BCUT2D eigenvalue weighted by Gasteiger charge is 2.51. The number of hydrogen-bond acceptors (Lipinski definition) is 10. The Hall–Kier alpha value is -5.39. The summed E-state index contributed by atoms with van der Waals surface area (Å²) in [7, 11) is -1.05. The van der Waals surface area contributed by atoms with Gasteiger partial charge in [-0.25, -0.2) is 0 Å². The lowest BCUT2D eigenvalue weighted by Crippen LogP contribution is -2.47. The Balaban J connectivity index is 0.000000208. The van der Waals surface area contributed by atoms with Crippen molar-refractivity contribution in [1.29, 1.82) is 0 Å². The van der Waals surface area contributed by atoms with Crippen molar-refractivity contribution in [3.8, 4) is 33.8 Å². The van der Waals surface area contributed by atoms with Crippen LogP contribution in [0.25, 0.3) is 22.3 Å². The van der Waals surface area contributed by atoms with Crippen LogP contribution in [0.15, 0.2) is 85.2 Å². The van der Waals surface area contributed by atoms with Gasteiger partial charge < -0.3 is 24.7 Å². The molecule has 2 aromatic heterocycles. The quantitative estimate of drug-likeness (QED) is 0.132. The summed E-state index contributed by atoms with van der Waals surface area (Å²) in [4.78, 5) is 37.3. The Labute approximate surface area is 352 Å². The van der Waals surface area contributed by atoms with Crippen LogP contribution in [0.3, 0.4) is 0 Å². The van der Waals surface area contributed by atoms with Gasteiger partial charge in [-0.1, -0.05) is 24.3 Å². The van der Waals surface area contributed by atoms with E-state index in [0.717, 1.165) is 74.1 Å². The first kappa shape index (κ1) is 47.7. The first-order chi connectivity index (χ1) is 28.5. The number of nitrogens with zero attached hydrogens (tertiary/aromatic N) is 4. The monoisotopic (exact) mass is 898 g/mol. The van der Waals surface area contributed by atoms with Crippen molar-refractivity contribution in [2.45, 2.75) is 74.4 Å². The number of rotatable bonds is 6. The van der Waals surface area contributed by atoms with E-state index in [1.54, 1.807) is 60.6 Å². The van der Waals surface area contributed by atoms with Crippen LogP contribution in [0.1, 0.15) is 62.0 Å². The van der Waals surface area contributed by atoms with Gasteiger partial charge in [0.2, 0.25) is 11.8 Å². The fourth-order valence-electron chi connectivity index (χ4n) is 8.16. The fourth-order valence-corrected chi connectivity index (χ4v) is 8.16. The molecule has 0 aliphatic carbocycles. The molecule has 336 valence electrons. The highest BCUT2D eigenvalue weighted by atomic mass is 32.3. The molecule has 62 heavy (non-hydrogen) atoms. The number of halogens is 6. The molecule has 4 saturated heterocycles. The molecule has 0 saturated carbocycles. The van der Waals surface area contributed by atoms with Crippen LogP contribution in [0.5, 0.6) is 11.5 Å². The number of pyridine rings is 2. The molecule has 4 aromatic rings. The molecular weight excluding hydrogens is 855 g/mol. The molecule has 0 bridgehead atoms. The van der Waals surface area contributed by atoms with E-state index in [1.807, 2.05) is 12.1 Å². The van der Waals surface area contributed by atoms with E-state index in [-0.39, 0.29) is 40.9 Å². The number of likely N-dealkylation sites (tertiary alicyclic amines) is 2. The van der Waals surface area contributed by atoms with Crippen LogP contribution in [-0.4, -0.2) is 106 Å². The molecule has 22 heteroatoms. The van der Waals surface area contributed by atoms with Crippen LogP contribution in [0.2, 0.25) is 0 Å². The molecule has 4 aliphatic heterocycles. The topological polar surface area (TPSA) is 215 Å². The van der Waals surface area contributed by atoms with Crippen molar-refractivity contribution < 1.29 is 68.4 Å². The highest BCUT2D eigenvalue weighted by Crippen LogP contribution is 2.41. The summed E-state index contributed by atoms with van der Waals surface area (Å²) < 4.78 is 114. The van der Waals surface area contributed by atoms with E-state index in [2.05, 4.69) is 30.1 Å². The molecule has 6 heterocycles. The number of hydrogen-bond donors (Lipinski definition) is 4. The molecule has 2 aromatic carbocycles. The molecule has 6 N–H and O–H groups in total. The van der Waals surface area contributed by atoms with Crippen LogP contribution in [-0.2, 0) is 20.0 Å². The van der Waals surface area contributed by atoms with E-state index < -0.39 is 34.2 Å². The largest absolute Gasteiger partial charge is 0.573 e. The molecule has 2 unspecified atom stereocenters. The van der Waals surface area contributed by atoms with Crippen molar-refractivity contribution in [3.63, 3.8) is 0 Å². The predicted molar refractivity (Wildman–Crippen MR) is 211 cm³/mol. The normalized spacial score (nSPS) is 23.5. The lowest BCUT2D eigenvalue weighted by atomic mass is 9.96. The third-order valence-electron chi connectivity index (χ3n) is 11.0. The van der Waals surface area contributed by atoms with Crippen molar-refractivity contribution in [2.75, 3.05) is 27.2 Å². The van der Waals surface area contributed by atoms with Gasteiger partial charge in [-0.15, -0.1) is 26.3 Å². The van der Waals surface area contributed by atoms with Gasteiger partial charge >= 0.3 is 23.1 Å². The number of ether oxygens (including phenoxy) is 2. The number of carbonyl (C=O) groups is 2. The molecule has 4 atom stereocenters. The van der Waals surface area contributed by atoms with Crippen molar-refractivity contribution >= 4 is 22.2 Å². The lowest BCUT2D eigenvalue weighted by molar-refractivity contribution is -0.275. The Bertz CT molecular complexity index is 2200. The summed E-state index contributed by atoms with van der Waals surface area (Å²) in [5.41, 5.74) is 3.22. The molecule has 2 amide bonds. The minimum Gasteiger partial charge on any atom is -0.412 e. The maximum absolute atomic E-state index is 12.5. The first-order valence-corrected chi connectivity index (χ1v) is 20.3. The van der Waals surface area contributed by atoms with Crippen molar-refractivity contribution in [1.82, 2.24) is 30.4 Å². The zero-order valence-corrected chi connectivity index (χ0v) is 34.0. The Morgan fingerprint density at radius 2 is 1.00 bits per heavy atom. The van der Waals surface area contributed by atoms with Crippen molar-refractivity contribution in [3.05, 3.63) is 96.6 Å². The summed E-state index contributed by atoms with van der Waals surface area (Å²) in [6.07, 6.45) is -1.57. The third-order valence-corrected chi connectivity index (χ3v) is 11.0. The smallest absolute Gasteiger partial charge is 0.412 e. The van der Waals surface area contributed by atoms with Gasteiger partial charge in [0.25, 0.3) is 0 Å². The number of alkyl halides is 6. The number of aromatic nitrogens is 2. The maximum atomic E-state index is 12.5. The van der Waals surface area contributed by atoms with Crippen LogP contribution in [0.4, 0.5) is 26.3 Å². The minimum absolute atomic E-state index is 0. The van der Waals surface area contributed by atoms with E-state index in [0.29, 0.717) is 11.1 Å². The number of benzene rings is 2. The second-order valence-electron chi connectivity index (χ2n) is 15.1. The van der Waals surface area contributed by atoms with Gasteiger partial charge in [0.1, 0.15) is 22.6 Å². The molecule has 15 nitrogen and oxygen atoms in total. The summed E-state index contributed by atoms with van der Waals surface area (Å²) in [5, 5.41) is 6.91. The Kier molecular flexibility index (Phi) is 14.2. The SMILES string of the molecule is CN1CCC2(CCC(c3cc(-c4cccc(OC(F)(F)F)c4)ccn3)N2)C1=O.CN1CC[C@@]2(CC[C@H](c3cc(-c4cccc(OC(F)(F)F)c4)ccn3)N2)C1=O.O.O=S(=O)(O)O. The van der Waals surface area contributed by atoms with Gasteiger partial charge in [-0.05, 0) is 109 Å². The van der Waals surface area contributed by atoms with E-state index in [1.165, 1.54) is 36.4 Å². The lowest BCUT2D eigenvalue weighted by Gasteiger charge is -2.23. The van der Waals surface area contributed by atoms with E-state index >= 15 is 0 Å². The van der Waals surface area contributed by atoms with Crippen molar-refractivity contribution in [2.24, 2.45) is 0 Å².